The average Bonchev–Trinajstić information content (AvgIpc) is 2.70. The Labute approximate surface area is 106 Å². The maximum atomic E-state index is 6.37. The molecule has 0 aliphatic heterocycles. The van der Waals surface area contributed by atoms with Crippen LogP contribution in [0.1, 0.15) is 47.0 Å². The minimum Gasteiger partial charge on any atom is -0.327 e. The second kappa shape index (κ2) is 3.48. The van der Waals surface area contributed by atoms with E-state index in [2.05, 4.69) is 33.0 Å². The van der Waals surface area contributed by atoms with Crippen molar-refractivity contribution in [3.63, 3.8) is 0 Å². The van der Waals surface area contributed by atoms with Crippen molar-refractivity contribution in [2.24, 2.45) is 34.3 Å². The summed E-state index contributed by atoms with van der Waals surface area (Å²) in [6.45, 7) is 10.7. The second-order valence-electron chi connectivity index (χ2n) is 7.86. The molecule has 17 heavy (non-hydrogen) atoms. The first-order valence-electron chi connectivity index (χ1n) is 7.34. The van der Waals surface area contributed by atoms with Crippen molar-refractivity contribution in [2.45, 2.75) is 59.0 Å². The minimum atomic E-state index is 0.453. The number of nitrogens with one attached hydrogen (secondary N) is 1. The molecule has 0 saturated heterocycles. The number of rotatable bonds is 3. The van der Waals surface area contributed by atoms with Crippen molar-refractivity contribution in [3.8, 4) is 0 Å². The van der Waals surface area contributed by atoms with E-state index in [1.165, 1.54) is 19.3 Å². The van der Waals surface area contributed by atoms with E-state index in [0.29, 0.717) is 22.9 Å². The van der Waals surface area contributed by atoms with Crippen LogP contribution < -0.4 is 11.1 Å². The average molecular weight is 236 g/mol. The van der Waals surface area contributed by atoms with Crippen molar-refractivity contribution >= 4 is 0 Å². The predicted octanol–water partition coefficient (Wildman–Crippen LogP) is 2.38. The molecule has 3 aliphatic rings. The molecule has 0 radical (unpaired) electrons. The lowest BCUT2D eigenvalue weighted by atomic mass is 9.85. The third kappa shape index (κ3) is 1.53. The third-order valence-electron chi connectivity index (χ3n) is 6.74. The molecule has 0 aromatic heterocycles. The summed E-state index contributed by atoms with van der Waals surface area (Å²) in [5.74, 6) is 2.51. The molecule has 0 heterocycles. The van der Waals surface area contributed by atoms with Gasteiger partial charge in [-0.2, -0.15) is 0 Å². The third-order valence-corrected chi connectivity index (χ3v) is 6.74. The smallest absolute Gasteiger partial charge is 0.0181 e. The molecule has 4 atom stereocenters. The molecule has 98 valence electrons. The Kier molecular flexibility index (Phi) is 2.45. The summed E-state index contributed by atoms with van der Waals surface area (Å²) in [6, 6.07) is 1.16. The Morgan fingerprint density at radius 1 is 1.06 bits per heavy atom. The van der Waals surface area contributed by atoms with Crippen LogP contribution in [0.25, 0.3) is 0 Å². The van der Waals surface area contributed by atoms with Crippen molar-refractivity contribution < 1.29 is 0 Å². The zero-order chi connectivity index (χ0) is 12.4. The van der Waals surface area contributed by atoms with Crippen LogP contribution in [0, 0.1) is 28.6 Å². The highest BCUT2D eigenvalue weighted by molar-refractivity contribution is 5.18. The largest absolute Gasteiger partial charge is 0.327 e. The van der Waals surface area contributed by atoms with Gasteiger partial charge in [0.15, 0.2) is 0 Å². The highest BCUT2D eigenvalue weighted by Gasteiger charge is 2.64. The summed E-state index contributed by atoms with van der Waals surface area (Å²) in [4.78, 5) is 0. The Morgan fingerprint density at radius 3 is 2.12 bits per heavy atom. The lowest BCUT2D eigenvalue weighted by molar-refractivity contribution is 0.273. The fourth-order valence-corrected chi connectivity index (χ4v) is 4.72. The Morgan fingerprint density at radius 2 is 1.65 bits per heavy atom. The van der Waals surface area contributed by atoms with Gasteiger partial charge in [0.05, 0.1) is 0 Å². The number of fused-ring (bicyclic) bond motifs is 2. The Bertz CT molecular complexity index is 305. The summed E-state index contributed by atoms with van der Waals surface area (Å²) < 4.78 is 0. The molecule has 3 N–H and O–H groups in total. The molecular weight excluding hydrogens is 208 g/mol. The predicted molar refractivity (Wildman–Crippen MR) is 71.6 cm³/mol. The van der Waals surface area contributed by atoms with E-state index < -0.39 is 0 Å². The maximum absolute atomic E-state index is 6.37. The van der Waals surface area contributed by atoms with E-state index in [4.69, 9.17) is 5.73 Å². The Hall–Kier alpha value is -0.0800. The van der Waals surface area contributed by atoms with Crippen LogP contribution in [-0.4, -0.2) is 18.6 Å². The first-order valence-corrected chi connectivity index (χ1v) is 7.34. The van der Waals surface area contributed by atoms with Crippen molar-refractivity contribution in [1.29, 1.82) is 0 Å². The monoisotopic (exact) mass is 236 g/mol. The lowest BCUT2D eigenvalue weighted by Crippen LogP contribution is -2.42. The van der Waals surface area contributed by atoms with Gasteiger partial charge >= 0.3 is 0 Å². The fourth-order valence-electron chi connectivity index (χ4n) is 4.72. The molecule has 3 saturated carbocycles. The fraction of sp³-hybridized carbons (Fsp3) is 1.00. The highest BCUT2D eigenvalue weighted by atomic mass is 15.0. The molecule has 2 nitrogen and oxygen atoms in total. The lowest BCUT2D eigenvalue weighted by Gasteiger charge is -2.28. The van der Waals surface area contributed by atoms with Gasteiger partial charge in [-0.1, -0.05) is 27.7 Å². The summed E-state index contributed by atoms with van der Waals surface area (Å²) in [7, 11) is 0. The molecule has 0 amide bonds. The van der Waals surface area contributed by atoms with E-state index in [0.717, 1.165) is 24.3 Å². The maximum Gasteiger partial charge on any atom is 0.0181 e. The molecule has 3 rings (SSSR count). The molecule has 0 aromatic carbocycles. The van der Waals surface area contributed by atoms with Gasteiger partial charge in [0, 0.05) is 18.6 Å². The molecule has 0 aromatic rings. The van der Waals surface area contributed by atoms with Crippen LogP contribution in [0.15, 0.2) is 0 Å². The normalized spacial score (nSPS) is 46.4. The van der Waals surface area contributed by atoms with Crippen LogP contribution in [0.3, 0.4) is 0 Å². The van der Waals surface area contributed by atoms with Gasteiger partial charge in [-0.15, -0.1) is 0 Å². The summed E-state index contributed by atoms with van der Waals surface area (Å²) in [5, 5.41) is 3.81. The molecule has 0 spiro atoms. The van der Waals surface area contributed by atoms with Gasteiger partial charge in [0.2, 0.25) is 0 Å². The van der Waals surface area contributed by atoms with E-state index in [-0.39, 0.29) is 0 Å². The van der Waals surface area contributed by atoms with Gasteiger partial charge in [0.1, 0.15) is 0 Å². The molecule has 2 heteroatoms. The molecular formula is C15H28N2. The number of hydrogen-bond acceptors (Lipinski definition) is 2. The van der Waals surface area contributed by atoms with Crippen molar-refractivity contribution in [3.05, 3.63) is 0 Å². The zero-order valence-corrected chi connectivity index (χ0v) is 11.8. The standard InChI is InChI=1S/C15H28N2/c1-14(2)13(15(14,3)4)17-8-11-9-5-6-10(7-9)12(11)16/h9-13,17H,5-8,16H2,1-4H3. The van der Waals surface area contributed by atoms with Gasteiger partial charge in [-0.25, -0.2) is 0 Å². The first kappa shape index (κ1) is 12.0. The van der Waals surface area contributed by atoms with Crippen LogP contribution >= 0.6 is 0 Å². The minimum absolute atomic E-state index is 0.453. The van der Waals surface area contributed by atoms with E-state index >= 15 is 0 Å². The van der Waals surface area contributed by atoms with E-state index in [1.54, 1.807) is 0 Å². The first-order chi connectivity index (χ1) is 7.85. The van der Waals surface area contributed by atoms with Crippen molar-refractivity contribution in [2.75, 3.05) is 6.54 Å². The summed E-state index contributed by atoms with van der Waals surface area (Å²) >= 11 is 0. The highest BCUT2D eigenvalue weighted by Crippen LogP contribution is 2.62. The zero-order valence-electron chi connectivity index (χ0n) is 11.8. The molecule has 4 unspecified atom stereocenters. The van der Waals surface area contributed by atoms with Crippen LogP contribution in [0.5, 0.6) is 0 Å². The SMILES string of the molecule is CC1(C)C(NCC2C3CCC(C3)C2N)C1(C)C. The van der Waals surface area contributed by atoms with E-state index in [1.807, 2.05) is 0 Å². The van der Waals surface area contributed by atoms with Gasteiger partial charge < -0.3 is 11.1 Å². The Balaban J connectivity index is 1.56. The number of hydrogen-bond donors (Lipinski definition) is 2. The number of nitrogens with two attached hydrogens (primary N) is 1. The van der Waals surface area contributed by atoms with Crippen molar-refractivity contribution in [1.82, 2.24) is 5.32 Å². The van der Waals surface area contributed by atoms with Gasteiger partial charge in [0.25, 0.3) is 0 Å². The van der Waals surface area contributed by atoms with E-state index in [9.17, 15) is 0 Å². The second-order valence-corrected chi connectivity index (χ2v) is 7.86. The summed E-state index contributed by atoms with van der Waals surface area (Å²) in [6.07, 6.45) is 4.23. The van der Waals surface area contributed by atoms with Gasteiger partial charge in [-0.05, 0) is 47.8 Å². The summed E-state index contributed by atoms with van der Waals surface area (Å²) in [5.41, 5.74) is 7.27. The van der Waals surface area contributed by atoms with Crippen LogP contribution in [-0.2, 0) is 0 Å². The molecule has 2 bridgehead atoms. The quantitative estimate of drug-likeness (QED) is 0.789. The molecule has 3 aliphatic carbocycles. The van der Waals surface area contributed by atoms with Gasteiger partial charge in [-0.3, -0.25) is 0 Å². The molecule has 3 fully saturated rings. The van der Waals surface area contributed by atoms with Crippen LogP contribution in [0.4, 0.5) is 0 Å². The topological polar surface area (TPSA) is 38.0 Å². The van der Waals surface area contributed by atoms with Crippen LogP contribution in [0.2, 0.25) is 0 Å².